The van der Waals surface area contributed by atoms with Crippen LogP contribution in [0.2, 0.25) is 0 Å². The van der Waals surface area contributed by atoms with E-state index in [1.165, 1.54) is 11.1 Å². The average Bonchev–Trinajstić information content (AvgIpc) is 3.24. The van der Waals surface area contributed by atoms with Crippen LogP contribution in [0, 0.1) is 0 Å². The third-order valence-corrected chi connectivity index (χ3v) is 4.96. The second kappa shape index (κ2) is 7.08. The molecule has 1 heterocycles. The van der Waals surface area contributed by atoms with Crippen LogP contribution in [0.5, 0.6) is 11.6 Å². The zero-order valence-corrected chi connectivity index (χ0v) is 15.8. The van der Waals surface area contributed by atoms with E-state index in [0.29, 0.717) is 11.6 Å². The fourth-order valence-corrected chi connectivity index (χ4v) is 3.63. The molecule has 0 amide bonds. The van der Waals surface area contributed by atoms with Gasteiger partial charge in [0.1, 0.15) is 11.9 Å². The third kappa shape index (κ3) is 3.55. The summed E-state index contributed by atoms with van der Waals surface area (Å²) in [6.45, 7) is 4.68. The molecule has 4 rings (SSSR count). The van der Waals surface area contributed by atoms with Crippen LogP contribution in [0.25, 0.3) is 11.3 Å². The summed E-state index contributed by atoms with van der Waals surface area (Å²) in [7, 11) is 1.56. The van der Waals surface area contributed by atoms with Crippen LogP contribution in [0.3, 0.4) is 0 Å². The number of benzene rings is 2. The topological polar surface area (TPSA) is 53.7 Å². The molecule has 140 valence electrons. The predicted molar refractivity (Wildman–Crippen MR) is 102 cm³/mol. The van der Waals surface area contributed by atoms with E-state index in [1.807, 2.05) is 24.3 Å². The molecule has 0 saturated carbocycles. The van der Waals surface area contributed by atoms with Crippen molar-refractivity contribution in [2.45, 2.75) is 31.8 Å². The van der Waals surface area contributed by atoms with Crippen LogP contribution >= 0.6 is 0 Å². The van der Waals surface area contributed by atoms with Gasteiger partial charge in [0.05, 0.1) is 0 Å². The highest BCUT2D eigenvalue weighted by atomic mass is 16.7. The van der Waals surface area contributed by atoms with Gasteiger partial charge in [-0.3, -0.25) is 0 Å². The predicted octanol–water partition coefficient (Wildman–Crippen LogP) is 5.13. The minimum atomic E-state index is 0.0707. The molecule has 1 unspecified atom stereocenters. The Morgan fingerprint density at radius 2 is 1.89 bits per heavy atom. The molecule has 1 aromatic heterocycles. The number of fused-ring (bicyclic) bond motifs is 1. The summed E-state index contributed by atoms with van der Waals surface area (Å²) in [4.78, 5) is 0. The van der Waals surface area contributed by atoms with Crippen molar-refractivity contribution in [1.29, 1.82) is 0 Å². The first kappa shape index (κ1) is 17.6. The zero-order chi connectivity index (χ0) is 18.9. The molecule has 5 heteroatoms. The van der Waals surface area contributed by atoms with Gasteiger partial charge in [-0.2, -0.15) is 0 Å². The molecule has 2 aromatic carbocycles. The van der Waals surface area contributed by atoms with Gasteiger partial charge in [-0.15, -0.1) is 0 Å². The summed E-state index contributed by atoms with van der Waals surface area (Å²) in [5.74, 6) is 1.88. The Kier molecular flexibility index (Phi) is 4.62. The lowest BCUT2D eigenvalue weighted by molar-refractivity contribution is 0.0453. The fourth-order valence-electron chi connectivity index (χ4n) is 3.63. The molecule has 1 aliphatic carbocycles. The summed E-state index contributed by atoms with van der Waals surface area (Å²) >= 11 is 0. The van der Waals surface area contributed by atoms with E-state index in [2.05, 4.69) is 43.3 Å². The Labute approximate surface area is 158 Å². The SMILES string of the molecule is COCOc1cc(-c2ccc(OC3CC(C)(C)c4ccccc43)cc2)on1. The highest BCUT2D eigenvalue weighted by Gasteiger charge is 2.37. The Morgan fingerprint density at radius 3 is 2.67 bits per heavy atom. The Morgan fingerprint density at radius 1 is 1.11 bits per heavy atom. The van der Waals surface area contributed by atoms with Gasteiger partial charge < -0.3 is 18.7 Å². The van der Waals surface area contributed by atoms with Gasteiger partial charge in [0, 0.05) is 18.7 Å². The number of hydrogen-bond donors (Lipinski definition) is 0. The fraction of sp³-hybridized carbons (Fsp3) is 0.318. The maximum Gasteiger partial charge on any atom is 0.256 e. The van der Waals surface area contributed by atoms with E-state index in [1.54, 1.807) is 13.2 Å². The van der Waals surface area contributed by atoms with E-state index in [9.17, 15) is 0 Å². The van der Waals surface area contributed by atoms with Crippen molar-refractivity contribution in [3.05, 3.63) is 65.7 Å². The summed E-state index contributed by atoms with van der Waals surface area (Å²) < 4.78 is 21.8. The Balaban J connectivity index is 1.48. The second-order valence-corrected chi connectivity index (χ2v) is 7.39. The normalized spacial score (nSPS) is 17.5. The Hall–Kier alpha value is -2.79. The standard InChI is InChI=1S/C22H23NO4/c1-22(2)13-20(17-6-4-5-7-18(17)22)26-16-10-8-15(9-11-16)19-12-21(23-27-19)25-14-24-3/h4-12,20H,13-14H2,1-3H3. The first-order valence-electron chi connectivity index (χ1n) is 9.02. The number of methoxy groups -OCH3 is 1. The van der Waals surface area contributed by atoms with Gasteiger partial charge in [0.15, 0.2) is 12.6 Å². The molecular formula is C22H23NO4. The molecule has 0 spiro atoms. The molecule has 0 bridgehead atoms. The number of nitrogens with zero attached hydrogens (tertiary/aromatic N) is 1. The molecule has 1 aliphatic rings. The van der Waals surface area contributed by atoms with E-state index in [-0.39, 0.29) is 18.3 Å². The van der Waals surface area contributed by atoms with Crippen LogP contribution in [-0.4, -0.2) is 19.1 Å². The first-order valence-corrected chi connectivity index (χ1v) is 9.02. The van der Waals surface area contributed by atoms with E-state index in [4.69, 9.17) is 18.7 Å². The summed E-state index contributed by atoms with van der Waals surface area (Å²) in [6, 6.07) is 18.1. The quantitative estimate of drug-likeness (QED) is 0.567. The lowest BCUT2D eigenvalue weighted by Gasteiger charge is -2.19. The summed E-state index contributed by atoms with van der Waals surface area (Å²) in [5, 5.41) is 3.87. The maximum atomic E-state index is 6.30. The molecule has 0 saturated heterocycles. The third-order valence-electron chi connectivity index (χ3n) is 4.96. The molecule has 0 fully saturated rings. The van der Waals surface area contributed by atoms with Crippen LogP contribution < -0.4 is 9.47 Å². The van der Waals surface area contributed by atoms with Crippen LogP contribution in [0.15, 0.2) is 59.1 Å². The van der Waals surface area contributed by atoms with Crippen molar-refractivity contribution >= 4 is 0 Å². The lowest BCUT2D eigenvalue weighted by Crippen LogP contribution is -2.13. The van der Waals surface area contributed by atoms with E-state index in [0.717, 1.165) is 17.7 Å². The number of aromatic nitrogens is 1. The van der Waals surface area contributed by atoms with Crippen molar-refractivity contribution in [3.8, 4) is 23.0 Å². The van der Waals surface area contributed by atoms with Crippen molar-refractivity contribution in [2.75, 3.05) is 13.9 Å². The van der Waals surface area contributed by atoms with Gasteiger partial charge >= 0.3 is 0 Å². The minimum Gasteiger partial charge on any atom is -0.486 e. The average molecular weight is 365 g/mol. The smallest absolute Gasteiger partial charge is 0.256 e. The molecule has 0 radical (unpaired) electrons. The number of ether oxygens (including phenoxy) is 3. The molecule has 3 aromatic rings. The first-order chi connectivity index (χ1) is 13.1. The molecular weight excluding hydrogens is 342 g/mol. The summed E-state index contributed by atoms with van der Waals surface area (Å²) in [5.41, 5.74) is 3.69. The van der Waals surface area contributed by atoms with Gasteiger partial charge in [-0.1, -0.05) is 38.1 Å². The van der Waals surface area contributed by atoms with Crippen molar-refractivity contribution in [2.24, 2.45) is 0 Å². The van der Waals surface area contributed by atoms with Crippen molar-refractivity contribution in [1.82, 2.24) is 5.16 Å². The molecule has 0 aliphatic heterocycles. The van der Waals surface area contributed by atoms with Crippen LogP contribution in [0.1, 0.15) is 37.5 Å². The highest BCUT2D eigenvalue weighted by Crippen LogP contribution is 2.46. The van der Waals surface area contributed by atoms with E-state index < -0.39 is 0 Å². The van der Waals surface area contributed by atoms with Crippen LogP contribution in [0.4, 0.5) is 0 Å². The summed E-state index contributed by atoms with van der Waals surface area (Å²) in [6.07, 6.45) is 1.04. The number of rotatable bonds is 6. The Bertz CT molecular complexity index is 914. The van der Waals surface area contributed by atoms with Gasteiger partial charge in [0.2, 0.25) is 0 Å². The second-order valence-electron chi connectivity index (χ2n) is 7.39. The van der Waals surface area contributed by atoms with Gasteiger partial charge in [-0.25, -0.2) is 0 Å². The van der Waals surface area contributed by atoms with Crippen molar-refractivity contribution < 1.29 is 18.7 Å². The van der Waals surface area contributed by atoms with Gasteiger partial charge in [-0.05, 0) is 52.4 Å². The zero-order valence-electron chi connectivity index (χ0n) is 15.8. The number of hydrogen-bond acceptors (Lipinski definition) is 5. The van der Waals surface area contributed by atoms with E-state index >= 15 is 0 Å². The highest BCUT2D eigenvalue weighted by molar-refractivity contribution is 5.59. The van der Waals surface area contributed by atoms with Crippen LogP contribution in [-0.2, 0) is 10.2 Å². The molecule has 1 atom stereocenters. The monoisotopic (exact) mass is 365 g/mol. The lowest BCUT2D eigenvalue weighted by atomic mass is 9.87. The maximum absolute atomic E-state index is 6.30. The van der Waals surface area contributed by atoms with Gasteiger partial charge in [0.25, 0.3) is 5.88 Å². The molecule has 5 nitrogen and oxygen atoms in total. The molecule has 0 N–H and O–H groups in total. The largest absolute Gasteiger partial charge is 0.486 e. The minimum absolute atomic E-state index is 0.0707. The molecule has 27 heavy (non-hydrogen) atoms. The van der Waals surface area contributed by atoms with Crippen molar-refractivity contribution in [3.63, 3.8) is 0 Å².